The van der Waals surface area contributed by atoms with Gasteiger partial charge in [0.05, 0.1) is 27.8 Å². The van der Waals surface area contributed by atoms with Gasteiger partial charge < -0.3 is 4.57 Å². The van der Waals surface area contributed by atoms with Gasteiger partial charge in [-0.15, -0.1) is 0 Å². The second-order valence-electron chi connectivity index (χ2n) is 18.6. The van der Waals surface area contributed by atoms with Crippen LogP contribution in [0.15, 0.2) is 194 Å². The first kappa shape index (κ1) is 46.7. The molecule has 0 atom stereocenters. The lowest BCUT2D eigenvalue weighted by Gasteiger charge is -2.22. The lowest BCUT2D eigenvalue weighted by Crippen LogP contribution is -2.07. The Hall–Kier alpha value is -8.63. The van der Waals surface area contributed by atoms with Crippen molar-refractivity contribution in [3.63, 3.8) is 0 Å². The summed E-state index contributed by atoms with van der Waals surface area (Å²) in [6.45, 7) is 8.22. The number of fused-ring (bicyclic) bond motifs is 3. The van der Waals surface area contributed by atoms with Crippen LogP contribution in [0.5, 0.6) is 0 Å². The number of halogens is 6. The molecule has 0 amide bonds. The molecule has 0 saturated carbocycles. The summed E-state index contributed by atoms with van der Waals surface area (Å²) < 4.78 is 91.1. The van der Waals surface area contributed by atoms with Crippen LogP contribution in [0.3, 0.4) is 0 Å². The number of aryl methyl sites for hydroxylation is 4. The van der Waals surface area contributed by atoms with Crippen molar-refractivity contribution in [3.05, 3.63) is 228 Å². The quantitative estimate of drug-likeness (QED) is 0.143. The van der Waals surface area contributed by atoms with Crippen molar-refractivity contribution in [1.82, 2.24) is 19.5 Å². The number of benzene rings is 9. The molecule has 0 fully saturated rings. The van der Waals surface area contributed by atoms with E-state index in [4.69, 9.17) is 15.0 Å². The molecule has 0 aliphatic carbocycles. The summed E-state index contributed by atoms with van der Waals surface area (Å²) in [5.74, 6) is 0.826. The molecule has 4 nitrogen and oxygen atoms in total. The Morgan fingerprint density at radius 3 is 1.11 bits per heavy atom. The van der Waals surface area contributed by atoms with E-state index in [9.17, 15) is 26.3 Å². The average molecular weight is 971 g/mol. The van der Waals surface area contributed by atoms with Crippen LogP contribution < -0.4 is 0 Å². The van der Waals surface area contributed by atoms with Crippen LogP contribution in [0.25, 0.3) is 106 Å². The predicted octanol–water partition coefficient (Wildman–Crippen LogP) is 17.9. The zero-order chi connectivity index (χ0) is 50.8. The molecule has 2 heterocycles. The molecule has 0 saturated heterocycles. The maximum absolute atomic E-state index is 14.8. The fraction of sp³-hybridized carbons (Fsp3) is 0.0952. The lowest BCUT2D eigenvalue weighted by atomic mass is 9.91. The highest BCUT2D eigenvalue weighted by atomic mass is 19.4. The van der Waals surface area contributed by atoms with Crippen molar-refractivity contribution in [1.29, 1.82) is 0 Å². The standard InChI is InChI=1S/C63H44F6N4/c1-37-21-25-50(39(3)29-37)45-23-27-56-54(33-45)55-34-46(51-26-22-38(2)30-40(51)4)24-28-57(55)73(56)58-52(43-17-11-19-48(31-43)62(64,65)66)35-47(36-53(58)44-18-12-20-49(32-44)63(67,68)69)61-71-59(41-13-7-5-8-14-41)70-60(72-61)42-15-9-6-10-16-42/h5-36H,1-4H3. The van der Waals surface area contributed by atoms with Crippen molar-refractivity contribution < 1.29 is 26.3 Å². The number of nitrogens with zero attached hydrogens (tertiary/aromatic N) is 4. The predicted molar refractivity (Wildman–Crippen MR) is 281 cm³/mol. The molecule has 9 aromatic carbocycles. The summed E-state index contributed by atoms with van der Waals surface area (Å²) in [7, 11) is 0. The zero-order valence-electron chi connectivity index (χ0n) is 40.0. The Morgan fingerprint density at radius 1 is 0.329 bits per heavy atom. The summed E-state index contributed by atoms with van der Waals surface area (Å²) in [5.41, 5.74) is 11.0. The molecule has 0 aliphatic heterocycles. The Bertz CT molecular complexity index is 3680. The highest BCUT2D eigenvalue weighted by molar-refractivity contribution is 6.13. The minimum atomic E-state index is -4.72. The minimum absolute atomic E-state index is 0.166. The maximum Gasteiger partial charge on any atom is 0.416 e. The fourth-order valence-electron chi connectivity index (χ4n) is 9.98. The van der Waals surface area contributed by atoms with Crippen LogP contribution in [0.4, 0.5) is 26.3 Å². The molecule has 11 rings (SSSR count). The first-order valence-electron chi connectivity index (χ1n) is 23.7. The van der Waals surface area contributed by atoms with Crippen LogP contribution in [0.1, 0.15) is 33.4 Å². The molecule has 11 aromatic rings. The summed E-state index contributed by atoms with van der Waals surface area (Å²) in [4.78, 5) is 14.8. The van der Waals surface area contributed by atoms with E-state index >= 15 is 0 Å². The van der Waals surface area contributed by atoms with E-state index in [1.165, 1.54) is 12.1 Å². The van der Waals surface area contributed by atoms with Gasteiger partial charge in [-0.25, -0.2) is 15.0 Å². The summed E-state index contributed by atoms with van der Waals surface area (Å²) in [5, 5.41) is 1.68. The number of hydrogen-bond acceptors (Lipinski definition) is 3. The van der Waals surface area contributed by atoms with Gasteiger partial charge in [0.2, 0.25) is 0 Å². The topological polar surface area (TPSA) is 43.6 Å². The third-order valence-corrected chi connectivity index (χ3v) is 13.4. The van der Waals surface area contributed by atoms with Crippen LogP contribution in [0, 0.1) is 27.7 Å². The first-order valence-corrected chi connectivity index (χ1v) is 23.7. The Labute approximate surface area is 418 Å². The van der Waals surface area contributed by atoms with Gasteiger partial charge in [0.1, 0.15) is 0 Å². The van der Waals surface area contributed by atoms with E-state index in [0.717, 1.165) is 79.5 Å². The highest BCUT2D eigenvalue weighted by Crippen LogP contribution is 2.47. The average Bonchev–Trinajstić information content (AvgIpc) is 3.71. The normalized spacial score (nSPS) is 12.0. The van der Waals surface area contributed by atoms with Gasteiger partial charge in [-0.2, -0.15) is 26.3 Å². The summed E-state index contributed by atoms with van der Waals surface area (Å²) in [6, 6.07) is 57.0. The lowest BCUT2D eigenvalue weighted by molar-refractivity contribution is -0.138. The van der Waals surface area contributed by atoms with Gasteiger partial charge in [0, 0.05) is 38.6 Å². The second-order valence-corrected chi connectivity index (χ2v) is 18.6. The van der Waals surface area contributed by atoms with Crippen molar-refractivity contribution in [2.75, 3.05) is 0 Å². The van der Waals surface area contributed by atoms with Gasteiger partial charge in [-0.3, -0.25) is 0 Å². The number of alkyl halides is 6. The zero-order valence-corrected chi connectivity index (χ0v) is 40.0. The molecular weight excluding hydrogens is 927 g/mol. The molecule has 358 valence electrons. The van der Waals surface area contributed by atoms with Crippen LogP contribution in [0.2, 0.25) is 0 Å². The molecule has 0 spiro atoms. The van der Waals surface area contributed by atoms with Gasteiger partial charge in [0.15, 0.2) is 17.5 Å². The summed E-state index contributed by atoms with van der Waals surface area (Å²) >= 11 is 0. The van der Waals surface area contributed by atoms with Crippen molar-refractivity contribution in [3.8, 4) is 84.4 Å². The molecule has 0 bridgehead atoms. The molecule has 0 radical (unpaired) electrons. The highest BCUT2D eigenvalue weighted by Gasteiger charge is 2.33. The number of hydrogen-bond donors (Lipinski definition) is 0. The van der Waals surface area contributed by atoms with E-state index in [1.54, 1.807) is 24.3 Å². The minimum Gasteiger partial charge on any atom is -0.308 e. The summed E-state index contributed by atoms with van der Waals surface area (Å²) in [6.07, 6.45) is -9.44. The van der Waals surface area contributed by atoms with Crippen LogP contribution >= 0.6 is 0 Å². The van der Waals surface area contributed by atoms with Gasteiger partial charge in [0.25, 0.3) is 0 Å². The van der Waals surface area contributed by atoms with Crippen molar-refractivity contribution >= 4 is 21.8 Å². The molecule has 0 N–H and O–H groups in total. The van der Waals surface area contributed by atoms with E-state index in [-0.39, 0.29) is 17.0 Å². The van der Waals surface area contributed by atoms with E-state index in [1.807, 2.05) is 103 Å². The Kier molecular flexibility index (Phi) is 11.7. The Balaban J connectivity index is 1.29. The first-order chi connectivity index (χ1) is 35.1. The molecule has 0 unspecified atom stereocenters. The fourth-order valence-corrected chi connectivity index (χ4v) is 9.98. The molecule has 2 aromatic heterocycles. The van der Waals surface area contributed by atoms with Crippen molar-refractivity contribution in [2.24, 2.45) is 0 Å². The Morgan fingerprint density at radius 2 is 0.712 bits per heavy atom. The molecule has 73 heavy (non-hydrogen) atoms. The SMILES string of the molecule is Cc1ccc(-c2ccc3c(c2)c2cc(-c4ccc(C)cc4C)ccc2n3-c2c(-c3cccc(C(F)(F)F)c3)cc(-c3nc(-c4ccccc4)nc(-c4ccccc4)n3)cc2-c2cccc(C(F)(F)F)c2)c(C)c1. The van der Waals surface area contributed by atoms with Gasteiger partial charge in [-0.05, 0) is 133 Å². The molecular formula is C63H44F6N4. The third kappa shape index (κ3) is 8.94. The molecule has 10 heteroatoms. The van der Waals surface area contributed by atoms with E-state index < -0.39 is 23.5 Å². The van der Waals surface area contributed by atoms with Crippen LogP contribution in [-0.2, 0) is 12.4 Å². The number of aromatic nitrogens is 4. The monoisotopic (exact) mass is 970 g/mol. The van der Waals surface area contributed by atoms with Crippen LogP contribution in [-0.4, -0.2) is 19.5 Å². The van der Waals surface area contributed by atoms with Crippen molar-refractivity contribution in [2.45, 2.75) is 40.0 Å². The van der Waals surface area contributed by atoms with Gasteiger partial charge >= 0.3 is 12.4 Å². The maximum atomic E-state index is 14.8. The van der Waals surface area contributed by atoms with E-state index in [0.29, 0.717) is 56.2 Å². The van der Waals surface area contributed by atoms with E-state index in [2.05, 4.69) is 62.4 Å². The molecule has 0 aliphatic rings. The largest absolute Gasteiger partial charge is 0.416 e. The van der Waals surface area contributed by atoms with Gasteiger partial charge in [-0.1, -0.05) is 145 Å². The number of rotatable bonds is 8. The smallest absolute Gasteiger partial charge is 0.308 e. The second kappa shape index (κ2) is 18.2. The third-order valence-electron chi connectivity index (χ3n) is 13.4.